The number of ether oxygens (including phenoxy) is 2. The number of methoxy groups -OCH3 is 2. The molecule has 0 spiro atoms. The lowest BCUT2D eigenvalue weighted by Gasteiger charge is -2.29. The monoisotopic (exact) mass is 276 g/mol. The van der Waals surface area contributed by atoms with Gasteiger partial charge in [0.1, 0.15) is 0 Å². The Bertz CT molecular complexity index is 515. The van der Waals surface area contributed by atoms with Gasteiger partial charge < -0.3 is 9.47 Å². The van der Waals surface area contributed by atoms with E-state index in [0.29, 0.717) is 5.56 Å². The zero-order chi connectivity index (χ0) is 15.3. The summed E-state index contributed by atoms with van der Waals surface area (Å²) in [6, 6.07) is 5.53. The first-order valence-corrected chi connectivity index (χ1v) is 6.29. The van der Waals surface area contributed by atoms with Crippen molar-refractivity contribution in [1.29, 1.82) is 0 Å². The first-order valence-electron chi connectivity index (χ1n) is 6.29. The van der Waals surface area contributed by atoms with Crippen molar-refractivity contribution in [1.82, 2.24) is 0 Å². The van der Waals surface area contributed by atoms with E-state index < -0.39 is 17.4 Å². The third kappa shape index (κ3) is 2.59. The fraction of sp³-hybridized carbons (Fsp3) is 0.375. The Labute approximate surface area is 119 Å². The summed E-state index contributed by atoms with van der Waals surface area (Å²) in [5, 5.41) is 0. The van der Waals surface area contributed by atoms with Crippen LogP contribution in [0.4, 0.5) is 0 Å². The maximum absolute atomic E-state index is 12.3. The molecule has 0 saturated heterocycles. The molecule has 0 aromatic heterocycles. The van der Waals surface area contributed by atoms with Gasteiger partial charge in [0.15, 0.2) is 5.41 Å². The number of aryl methyl sites for hydroxylation is 2. The second-order valence-corrected chi connectivity index (χ2v) is 4.70. The van der Waals surface area contributed by atoms with E-state index in [2.05, 4.69) is 6.58 Å². The maximum atomic E-state index is 12.3. The number of hydrogen-bond acceptors (Lipinski definition) is 4. The number of rotatable bonds is 5. The van der Waals surface area contributed by atoms with Crippen LogP contribution in [0, 0.1) is 13.8 Å². The third-order valence-corrected chi connectivity index (χ3v) is 3.36. The molecule has 1 aromatic carbocycles. The highest BCUT2D eigenvalue weighted by atomic mass is 16.5. The van der Waals surface area contributed by atoms with Crippen LogP contribution in [0.15, 0.2) is 30.9 Å². The van der Waals surface area contributed by atoms with Crippen LogP contribution < -0.4 is 0 Å². The number of benzene rings is 1. The van der Waals surface area contributed by atoms with Crippen molar-refractivity contribution in [3.63, 3.8) is 0 Å². The van der Waals surface area contributed by atoms with E-state index in [1.165, 1.54) is 20.3 Å². The molecule has 0 fully saturated rings. The molecule has 0 bridgehead atoms. The van der Waals surface area contributed by atoms with E-state index in [1.54, 1.807) is 6.07 Å². The summed E-state index contributed by atoms with van der Waals surface area (Å²) in [6.07, 6.45) is 1.64. The first kappa shape index (κ1) is 16.0. The molecule has 0 amide bonds. The van der Waals surface area contributed by atoms with Crippen molar-refractivity contribution in [2.75, 3.05) is 14.2 Å². The minimum Gasteiger partial charge on any atom is -0.468 e. The Morgan fingerprint density at radius 1 is 1.20 bits per heavy atom. The fourth-order valence-corrected chi connectivity index (χ4v) is 2.44. The van der Waals surface area contributed by atoms with E-state index >= 15 is 0 Å². The largest absolute Gasteiger partial charge is 0.468 e. The molecule has 0 heterocycles. The highest BCUT2D eigenvalue weighted by Crippen LogP contribution is 2.34. The molecule has 0 radical (unpaired) electrons. The van der Waals surface area contributed by atoms with Crippen LogP contribution in [-0.4, -0.2) is 26.2 Å². The third-order valence-electron chi connectivity index (χ3n) is 3.36. The molecule has 4 heteroatoms. The van der Waals surface area contributed by atoms with Crippen molar-refractivity contribution < 1.29 is 19.1 Å². The Hall–Kier alpha value is -2.10. The molecule has 1 aromatic rings. The Morgan fingerprint density at radius 2 is 1.75 bits per heavy atom. The summed E-state index contributed by atoms with van der Waals surface area (Å²) < 4.78 is 9.69. The van der Waals surface area contributed by atoms with Crippen LogP contribution in [0.2, 0.25) is 0 Å². The quantitative estimate of drug-likeness (QED) is 0.471. The number of carbonyl (C=O) groups excluding carboxylic acids is 2. The predicted molar refractivity (Wildman–Crippen MR) is 76.4 cm³/mol. The normalized spacial score (nSPS) is 10.8. The number of hydrogen-bond donors (Lipinski definition) is 0. The molecular weight excluding hydrogens is 256 g/mol. The Kier molecular flexibility index (Phi) is 5.08. The van der Waals surface area contributed by atoms with Gasteiger partial charge in [-0.25, -0.2) is 0 Å². The predicted octanol–water partition coefficient (Wildman–Crippen LogP) is 2.46. The smallest absolute Gasteiger partial charge is 0.328 e. The van der Waals surface area contributed by atoms with Gasteiger partial charge in [-0.1, -0.05) is 29.8 Å². The summed E-state index contributed by atoms with van der Waals surface area (Å²) in [5.41, 5.74) is 0.973. The van der Waals surface area contributed by atoms with Gasteiger partial charge in [0, 0.05) is 0 Å². The van der Waals surface area contributed by atoms with Crippen molar-refractivity contribution >= 4 is 11.9 Å². The highest BCUT2D eigenvalue weighted by molar-refractivity contribution is 6.06. The van der Waals surface area contributed by atoms with E-state index in [0.717, 1.165) is 11.1 Å². The van der Waals surface area contributed by atoms with Crippen molar-refractivity contribution in [3.8, 4) is 0 Å². The summed E-state index contributed by atoms with van der Waals surface area (Å²) >= 11 is 0. The Morgan fingerprint density at radius 3 is 2.15 bits per heavy atom. The van der Waals surface area contributed by atoms with Gasteiger partial charge in [-0.3, -0.25) is 9.59 Å². The van der Waals surface area contributed by atoms with Gasteiger partial charge in [0.2, 0.25) is 0 Å². The SMILES string of the molecule is C=CCC(C(=O)OC)(C(=O)OC)c1ccc(C)cc1C. The summed E-state index contributed by atoms with van der Waals surface area (Å²) in [4.78, 5) is 24.6. The van der Waals surface area contributed by atoms with E-state index in [-0.39, 0.29) is 6.42 Å². The number of esters is 2. The highest BCUT2D eigenvalue weighted by Gasteiger charge is 2.49. The molecule has 4 nitrogen and oxygen atoms in total. The lowest BCUT2D eigenvalue weighted by molar-refractivity contribution is -0.161. The van der Waals surface area contributed by atoms with Crippen molar-refractivity contribution in [2.45, 2.75) is 25.7 Å². The molecule has 0 aliphatic rings. The average molecular weight is 276 g/mol. The number of carbonyl (C=O) groups is 2. The van der Waals surface area contributed by atoms with Crippen LogP contribution in [0.5, 0.6) is 0 Å². The molecule has 0 unspecified atom stereocenters. The van der Waals surface area contributed by atoms with Gasteiger partial charge in [-0.15, -0.1) is 6.58 Å². The van der Waals surface area contributed by atoms with Crippen molar-refractivity contribution in [2.24, 2.45) is 0 Å². The molecule has 1 rings (SSSR count). The minimum absolute atomic E-state index is 0.121. The van der Waals surface area contributed by atoms with Crippen LogP contribution in [0.3, 0.4) is 0 Å². The Balaban J connectivity index is 3.60. The second-order valence-electron chi connectivity index (χ2n) is 4.70. The van der Waals surface area contributed by atoms with Crippen LogP contribution in [0.1, 0.15) is 23.1 Å². The van der Waals surface area contributed by atoms with E-state index in [1.807, 2.05) is 26.0 Å². The van der Waals surface area contributed by atoms with Crippen LogP contribution >= 0.6 is 0 Å². The number of allylic oxidation sites excluding steroid dienone is 1. The molecule has 108 valence electrons. The zero-order valence-corrected chi connectivity index (χ0v) is 12.4. The maximum Gasteiger partial charge on any atom is 0.328 e. The summed E-state index contributed by atoms with van der Waals surface area (Å²) in [6.45, 7) is 7.44. The molecular formula is C16H20O4. The summed E-state index contributed by atoms with van der Waals surface area (Å²) in [5.74, 6) is -1.28. The minimum atomic E-state index is -1.50. The van der Waals surface area contributed by atoms with Gasteiger partial charge in [-0.2, -0.15) is 0 Å². The zero-order valence-electron chi connectivity index (χ0n) is 12.4. The lowest BCUT2D eigenvalue weighted by Crippen LogP contribution is -2.45. The topological polar surface area (TPSA) is 52.6 Å². The molecule has 0 saturated carbocycles. The molecule has 0 aliphatic heterocycles. The lowest BCUT2D eigenvalue weighted by atomic mass is 9.75. The van der Waals surface area contributed by atoms with Gasteiger partial charge in [0.25, 0.3) is 0 Å². The molecule has 20 heavy (non-hydrogen) atoms. The molecule has 0 N–H and O–H groups in total. The standard InChI is InChI=1S/C16H20O4/c1-6-9-16(14(17)19-4,15(18)20-5)13-8-7-11(2)10-12(13)3/h6-8,10H,1,9H2,2-5H3. The van der Waals surface area contributed by atoms with E-state index in [9.17, 15) is 9.59 Å². The van der Waals surface area contributed by atoms with Gasteiger partial charge in [-0.05, 0) is 31.4 Å². The fourth-order valence-electron chi connectivity index (χ4n) is 2.44. The molecule has 0 aliphatic carbocycles. The van der Waals surface area contributed by atoms with Gasteiger partial charge in [0.05, 0.1) is 14.2 Å². The first-order chi connectivity index (χ1) is 9.43. The van der Waals surface area contributed by atoms with Crippen LogP contribution in [0.25, 0.3) is 0 Å². The summed E-state index contributed by atoms with van der Waals surface area (Å²) in [7, 11) is 2.51. The van der Waals surface area contributed by atoms with Crippen molar-refractivity contribution in [3.05, 3.63) is 47.5 Å². The van der Waals surface area contributed by atoms with Gasteiger partial charge >= 0.3 is 11.9 Å². The van der Waals surface area contributed by atoms with Crippen LogP contribution in [-0.2, 0) is 24.5 Å². The molecule has 0 atom stereocenters. The van der Waals surface area contributed by atoms with E-state index in [4.69, 9.17) is 9.47 Å². The second kappa shape index (κ2) is 6.37. The average Bonchev–Trinajstić information content (AvgIpc) is 2.43.